The third-order valence-electron chi connectivity index (χ3n) is 4.64. The summed E-state index contributed by atoms with van der Waals surface area (Å²) in [4.78, 5) is 12.5. The number of amides is 1. The second-order valence-electron chi connectivity index (χ2n) is 6.92. The van der Waals surface area contributed by atoms with Gasteiger partial charge in [-0.25, -0.2) is 8.42 Å². The second-order valence-corrected chi connectivity index (χ2v) is 8.91. The third kappa shape index (κ3) is 5.43. The van der Waals surface area contributed by atoms with Crippen LogP contribution in [-0.4, -0.2) is 33.1 Å². The zero-order valence-corrected chi connectivity index (χ0v) is 16.2. The van der Waals surface area contributed by atoms with Crippen LogP contribution in [0.3, 0.4) is 0 Å². The van der Waals surface area contributed by atoms with E-state index in [0.717, 1.165) is 32.3 Å². The molecule has 27 heavy (non-hydrogen) atoms. The summed E-state index contributed by atoms with van der Waals surface area (Å²) >= 11 is 0. The summed E-state index contributed by atoms with van der Waals surface area (Å²) in [7, 11) is -3.51. The van der Waals surface area contributed by atoms with Gasteiger partial charge in [0, 0.05) is 12.6 Å². The normalized spacial score (nSPS) is 18.3. The number of hydrogen-bond donors (Lipinski definition) is 1. The number of rotatable bonds is 8. The topological polar surface area (TPSA) is 85.6 Å². The fourth-order valence-electron chi connectivity index (χ4n) is 3.15. The minimum atomic E-state index is -3.51. The molecule has 0 spiro atoms. The van der Waals surface area contributed by atoms with Crippen LogP contribution in [0.1, 0.15) is 48.9 Å². The first kappa shape index (κ1) is 19.6. The molecule has 1 amide bonds. The minimum Gasteiger partial charge on any atom is -0.455 e. The van der Waals surface area contributed by atoms with E-state index in [9.17, 15) is 13.2 Å². The standard InChI is InChI=1S/C20H25NO5S/c1-15(9-10-16-6-5-13-25-16)21-20(22)19-12-11-17(26-19)14-27(23,24)18-7-3-2-4-8-18/h2-4,7-8,11-12,15-16H,5-6,9-10,13-14H2,1H3,(H,21,22). The molecule has 1 N–H and O–H groups in total. The van der Waals surface area contributed by atoms with Crippen molar-refractivity contribution < 1.29 is 22.4 Å². The lowest BCUT2D eigenvalue weighted by Gasteiger charge is -2.15. The molecule has 2 unspecified atom stereocenters. The van der Waals surface area contributed by atoms with Gasteiger partial charge in [-0.15, -0.1) is 0 Å². The fourth-order valence-corrected chi connectivity index (χ4v) is 4.42. The molecule has 0 radical (unpaired) electrons. The Morgan fingerprint density at radius 3 is 2.70 bits per heavy atom. The van der Waals surface area contributed by atoms with Crippen molar-refractivity contribution in [1.29, 1.82) is 0 Å². The monoisotopic (exact) mass is 391 g/mol. The molecule has 0 aliphatic carbocycles. The molecule has 1 fully saturated rings. The van der Waals surface area contributed by atoms with Crippen LogP contribution < -0.4 is 5.32 Å². The molecular weight excluding hydrogens is 366 g/mol. The molecule has 2 atom stereocenters. The molecule has 1 aromatic heterocycles. The average Bonchev–Trinajstić information content (AvgIpc) is 3.32. The van der Waals surface area contributed by atoms with E-state index in [1.54, 1.807) is 30.3 Å². The van der Waals surface area contributed by atoms with Gasteiger partial charge in [-0.1, -0.05) is 18.2 Å². The molecule has 2 aromatic rings. The Hall–Kier alpha value is -2.12. The number of sulfone groups is 1. The molecule has 1 saturated heterocycles. The van der Waals surface area contributed by atoms with Crippen molar-refractivity contribution in [3.63, 3.8) is 0 Å². The summed E-state index contributed by atoms with van der Waals surface area (Å²) in [5, 5.41) is 2.89. The molecule has 3 rings (SSSR count). The number of carbonyl (C=O) groups is 1. The van der Waals surface area contributed by atoms with Crippen molar-refractivity contribution in [3.8, 4) is 0 Å². The highest BCUT2D eigenvalue weighted by atomic mass is 32.2. The first-order valence-corrected chi connectivity index (χ1v) is 10.9. The van der Waals surface area contributed by atoms with E-state index in [-0.39, 0.29) is 34.1 Å². The van der Waals surface area contributed by atoms with E-state index in [1.165, 1.54) is 12.1 Å². The van der Waals surface area contributed by atoms with Gasteiger partial charge in [-0.2, -0.15) is 0 Å². The quantitative estimate of drug-likeness (QED) is 0.746. The summed E-state index contributed by atoms with van der Waals surface area (Å²) < 4.78 is 35.9. The highest BCUT2D eigenvalue weighted by Gasteiger charge is 2.21. The van der Waals surface area contributed by atoms with Gasteiger partial charge < -0.3 is 14.5 Å². The van der Waals surface area contributed by atoms with E-state index in [4.69, 9.17) is 9.15 Å². The highest BCUT2D eigenvalue weighted by Crippen LogP contribution is 2.19. The largest absolute Gasteiger partial charge is 0.455 e. The van der Waals surface area contributed by atoms with Gasteiger partial charge in [0.15, 0.2) is 15.6 Å². The van der Waals surface area contributed by atoms with Gasteiger partial charge in [-0.05, 0) is 56.9 Å². The van der Waals surface area contributed by atoms with Crippen molar-refractivity contribution in [2.45, 2.75) is 55.4 Å². The summed E-state index contributed by atoms with van der Waals surface area (Å²) in [6.45, 7) is 2.77. The summed E-state index contributed by atoms with van der Waals surface area (Å²) in [6.07, 6.45) is 4.22. The van der Waals surface area contributed by atoms with Gasteiger partial charge in [0.05, 0.1) is 11.0 Å². The molecule has 0 bridgehead atoms. The van der Waals surface area contributed by atoms with Crippen LogP contribution in [0, 0.1) is 0 Å². The van der Waals surface area contributed by atoms with Crippen molar-refractivity contribution >= 4 is 15.7 Å². The van der Waals surface area contributed by atoms with Crippen LogP contribution in [0.5, 0.6) is 0 Å². The Morgan fingerprint density at radius 1 is 1.22 bits per heavy atom. The average molecular weight is 391 g/mol. The molecule has 1 aliphatic heterocycles. The zero-order chi connectivity index (χ0) is 19.3. The van der Waals surface area contributed by atoms with Crippen LogP contribution >= 0.6 is 0 Å². The number of furan rings is 1. The molecule has 2 heterocycles. The number of nitrogens with one attached hydrogen (secondary N) is 1. The number of benzene rings is 1. The Morgan fingerprint density at radius 2 is 2.00 bits per heavy atom. The maximum Gasteiger partial charge on any atom is 0.287 e. The molecule has 1 aromatic carbocycles. The van der Waals surface area contributed by atoms with Crippen LogP contribution in [0.25, 0.3) is 0 Å². The van der Waals surface area contributed by atoms with E-state index in [1.807, 2.05) is 6.92 Å². The number of hydrogen-bond acceptors (Lipinski definition) is 5. The number of carbonyl (C=O) groups excluding carboxylic acids is 1. The predicted octanol–water partition coefficient (Wildman–Crippen LogP) is 3.33. The van der Waals surface area contributed by atoms with Crippen LogP contribution in [-0.2, 0) is 20.3 Å². The van der Waals surface area contributed by atoms with E-state index in [2.05, 4.69) is 5.32 Å². The predicted molar refractivity (Wildman–Crippen MR) is 101 cm³/mol. The van der Waals surface area contributed by atoms with Crippen LogP contribution in [0.15, 0.2) is 51.8 Å². The molecule has 6 nitrogen and oxygen atoms in total. The lowest BCUT2D eigenvalue weighted by molar-refractivity contribution is 0.0876. The molecule has 1 aliphatic rings. The van der Waals surface area contributed by atoms with Crippen LogP contribution in [0.4, 0.5) is 0 Å². The number of ether oxygens (including phenoxy) is 1. The Bertz CT molecular complexity index is 854. The van der Waals surface area contributed by atoms with Crippen molar-refractivity contribution in [2.24, 2.45) is 0 Å². The minimum absolute atomic E-state index is 0.0108. The van der Waals surface area contributed by atoms with Gasteiger partial charge in [0.2, 0.25) is 0 Å². The van der Waals surface area contributed by atoms with Gasteiger partial charge in [0.1, 0.15) is 11.5 Å². The molecule has 146 valence electrons. The summed E-state index contributed by atoms with van der Waals surface area (Å²) in [5.41, 5.74) is 0. The van der Waals surface area contributed by atoms with Crippen LogP contribution in [0.2, 0.25) is 0 Å². The third-order valence-corrected chi connectivity index (χ3v) is 6.30. The first-order chi connectivity index (χ1) is 12.9. The van der Waals surface area contributed by atoms with Gasteiger partial charge in [0.25, 0.3) is 5.91 Å². The molecule has 0 saturated carbocycles. The van der Waals surface area contributed by atoms with Crippen molar-refractivity contribution in [3.05, 3.63) is 54.0 Å². The summed E-state index contributed by atoms with van der Waals surface area (Å²) in [5.74, 6) is -0.245. The summed E-state index contributed by atoms with van der Waals surface area (Å²) in [6, 6.07) is 11.2. The molecular formula is C20H25NO5S. The Balaban J connectivity index is 1.54. The fraction of sp³-hybridized carbons (Fsp3) is 0.450. The first-order valence-electron chi connectivity index (χ1n) is 9.23. The van der Waals surface area contributed by atoms with E-state index >= 15 is 0 Å². The Kier molecular flexibility index (Phi) is 6.34. The maximum atomic E-state index is 12.4. The smallest absolute Gasteiger partial charge is 0.287 e. The molecule has 7 heteroatoms. The lowest BCUT2D eigenvalue weighted by atomic mass is 10.1. The SMILES string of the molecule is CC(CCC1CCCO1)NC(=O)c1ccc(CS(=O)(=O)c2ccccc2)o1. The lowest BCUT2D eigenvalue weighted by Crippen LogP contribution is -2.33. The van der Waals surface area contributed by atoms with Gasteiger partial charge in [-0.3, -0.25) is 4.79 Å². The van der Waals surface area contributed by atoms with Gasteiger partial charge >= 0.3 is 0 Å². The van der Waals surface area contributed by atoms with Crippen molar-refractivity contribution in [1.82, 2.24) is 5.32 Å². The second kappa shape index (κ2) is 8.71. The maximum absolute atomic E-state index is 12.4. The Labute approximate surface area is 159 Å². The van der Waals surface area contributed by atoms with E-state index in [0.29, 0.717) is 6.10 Å². The highest BCUT2D eigenvalue weighted by molar-refractivity contribution is 7.90. The van der Waals surface area contributed by atoms with Crippen molar-refractivity contribution in [2.75, 3.05) is 6.61 Å². The van der Waals surface area contributed by atoms with E-state index < -0.39 is 9.84 Å². The zero-order valence-electron chi connectivity index (χ0n) is 15.4.